The van der Waals surface area contributed by atoms with Gasteiger partial charge in [-0.15, -0.1) is 0 Å². The highest BCUT2D eigenvalue weighted by Crippen LogP contribution is 2.33. The second kappa shape index (κ2) is 5.65. The van der Waals surface area contributed by atoms with E-state index < -0.39 is 0 Å². The molecule has 0 aromatic carbocycles. The molecule has 3 unspecified atom stereocenters. The van der Waals surface area contributed by atoms with Crippen LogP contribution >= 0.6 is 0 Å². The van der Waals surface area contributed by atoms with Crippen LogP contribution in [0.4, 0.5) is 0 Å². The van der Waals surface area contributed by atoms with Crippen molar-refractivity contribution in [2.24, 2.45) is 0 Å². The maximum atomic E-state index is 9.23. The fourth-order valence-electron chi connectivity index (χ4n) is 2.73. The molecule has 1 fully saturated rings. The summed E-state index contributed by atoms with van der Waals surface area (Å²) in [5, 5.41) is 12.4. The molecule has 0 aromatic rings. The number of nitrogens with zero attached hydrogens (tertiary/aromatic N) is 2. The zero-order chi connectivity index (χ0) is 12.2. The lowest BCUT2D eigenvalue weighted by molar-refractivity contribution is 0.172. The Morgan fingerprint density at radius 3 is 2.75 bits per heavy atom. The van der Waals surface area contributed by atoms with Crippen LogP contribution in [0.3, 0.4) is 0 Å². The topological polar surface area (TPSA) is 39.1 Å². The van der Waals surface area contributed by atoms with Crippen LogP contribution in [0.5, 0.6) is 0 Å². The first-order valence-corrected chi connectivity index (χ1v) is 6.40. The lowest BCUT2D eigenvalue weighted by Crippen LogP contribution is -2.43. The summed E-state index contributed by atoms with van der Waals surface area (Å²) in [7, 11) is 4.11. The van der Waals surface area contributed by atoms with Crippen molar-refractivity contribution in [3.05, 3.63) is 0 Å². The number of nitrogens with one attached hydrogen (secondary N) is 1. The Bertz CT molecular complexity index is 258. The molecule has 16 heavy (non-hydrogen) atoms. The van der Waals surface area contributed by atoms with Gasteiger partial charge in [0, 0.05) is 12.1 Å². The molecule has 0 spiro atoms. The second-order valence-corrected chi connectivity index (χ2v) is 5.14. The van der Waals surface area contributed by atoms with Crippen LogP contribution in [0.15, 0.2) is 0 Å². The molecular formula is C13H25N3. The first-order chi connectivity index (χ1) is 7.58. The van der Waals surface area contributed by atoms with Gasteiger partial charge in [-0.1, -0.05) is 13.3 Å². The molecule has 1 saturated carbocycles. The average Bonchev–Trinajstić information content (AvgIpc) is 2.73. The number of rotatable bonds is 5. The van der Waals surface area contributed by atoms with Crippen molar-refractivity contribution in [3.8, 4) is 6.07 Å². The quantitative estimate of drug-likeness (QED) is 0.776. The van der Waals surface area contributed by atoms with Gasteiger partial charge >= 0.3 is 0 Å². The third-order valence-electron chi connectivity index (χ3n) is 4.16. The van der Waals surface area contributed by atoms with Gasteiger partial charge in [0.25, 0.3) is 0 Å². The van der Waals surface area contributed by atoms with E-state index in [0.29, 0.717) is 12.1 Å². The standard InChI is InChI=1S/C13H25N3/c1-5-6-11(2)16(4)12-7-8-13(9-12,10-14)15-3/h11-12,15H,5-9H2,1-4H3. The molecule has 0 aromatic heterocycles. The van der Waals surface area contributed by atoms with E-state index in [1.165, 1.54) is 12.8 Å². The Kier molecular flexibility index (Phi) is 4.76. The molecule has 1 N–H and O–H groups in total. The normalized spacial score (nSPS) is 31.6. The van der Waals surface area contributed by atoms with Crippen LogP contribution in [0.25, 0.3) is 0 Å². The van der Waals surface area contributed by atoms with E-state index in [-0.39, 0.29) is 5.54 Å². The van der Waals surface area contributed by atoms with E-state index in [1.807, 2.05) is 7.05 Å². The summed E-state index contributed by atoms with van der Waals surface area (Å²) < 4.78 is 0. The number of hydrogen-bond donors (Lipinski definition) is 1. The largest absolute Gasteiger partial charge is 0.302 e. The summed E-state index contributed by atoms with van der Waals surface area (Å²) in [6, 6.07) is 3.63. The van der Waals surface area contributed by atoms with E-state index in [4.69, 9.17) is 0 Å². The molecule has 0 bridgehead atoms. The fraction of sp³-hybridized carbons (Fsp3) is 0.923. The summed E-state index contributed by atoms with van der Waals surface area (Å²) in [6.45, 7) is 4.52. The van der Waals surface area contributed by atoms with E-state index >= 15 is 0 Å². The first-order valence-electron chi connectivity index (χ1n) is 6.40. The van der Waals surface area contributed by atoms with Crippen LogP contribution in [-0.4, -0.2) is 36.6 Å². The molecule has 0 heterocycles. The van der Waals surface area contributed by atoms with Crippen molar-refractivity contribution in [2.75, 3.05) is 14.1 Å². The molecule has 3 atom stereocenters. The molecule has 1 aliphatic carbocycles. The minimum atomic E-state index is -0.273. The smallest absolute Gasteiger partial charge is 0.108 e. The zero-order valence-corrected chi connectivity index (χ0v) is 11.1. The van der Waals surface area contributed by atoms with Gasteiger partial charge in [-0.05, 0) is 46.7 Å². The highest BCUT2D eigenvalue weighted by Gasteiger charge is 2.40. The van der Waals surface area contributed by atoms with Gasteiger partial charge in [-0.25, -0.2) is 0 Å². The average molecular weight is 223 g/mol. The molecule has 0 saturated heterocycles. The maximum Gasteiger partial charge on any atom is 0.108 e. The monoisotopic (exact) mass is 223 g/mol. The van der Waals surface area contributed by atoms with Crippen molar-refractivity contribution in [1.82, 2.24) is 10.2 Å². The minimum Gasteiger partial charge on any atom is -0.302 e. The van der Waals surface area contributed by atoms with Crippen LogP contribution in [-0.2, 0) is 0 Å². The van der Waals surface area contributed by atoms with E-state index in [2.05, 4.69) is 37.2 Å². The maximum absolute atomic E-state index is 9.23. The van der Waals surface area contributed by atoms with E-state index in [1.54, 1.807) is 0 Å². The van der Waals surface area contributed by atoms with Crippen molar-refractivity contribution >= 4 is 0 Å². The summed E-state index contributed by atoms with van der Waals surface area (Å²) in [6.07, 6.45) is 5.55. The predicted molar refractivity (Wildman–Crippen MR) is 67.2 cm³/mol. The Morgan fingerprint density at radius 2 is 2.31 bits per heavy atom. The van der Waals surface area contributed by atoms with Gasteiger partial charge in [0.05, 0.1) is 6.07 Å². The Hall–Kier alpha value is -0.590. The zero-order valence-electron chi connectivity index (χ0n) is 11.1. The minimum absolute atomic E-state index is 0.273. The molecule has 0 aliphatic heterocycles. The van der Waals surface area contributed by atoms with Crippen molar-refractivity contribution in [1.29, 1.82) is 5.26 Å². The SMILES string of the molecule is CCCC(C)N(C)C1CCC(C#N)(NC)C1. The van der Waals surface area contributed by atoms with Crippen molar-refractivity contribution in [2.45, 2.75) is 63.6 Å². The van der Waals surface area contributed by atoms with E-state index in [0.717, 1.165) is 19.3 Å². The Labute approximate surface area is 99.8 Å². The Morgan fingerprint density at radius 1 is 1.62 bits per heavy atom. The van der Waals surface area contributed by atoms with E-state index in [9.17, 15) is 5.26 Å². The van der Waals surface area contributed by atoms with Gasteiger partial charge in [0.2, 0.25) is 0 Å². The number of nitriles is 1. The fourth-order valence-corrected chi connectivity index (χ4v) is 2.73. The first kappa shape index (κ1) is 13.5. The van der Waals surface area contributed by atoms with Gasteiger partial charge in [0.15, 0.2) is 0 Å². The van der Waals surface area contributed by atoms with Crippen LogP contribution in [0, 0.1) is 11.3 Å². The molecule has 0 amide bonds. The predicted octanol–water partition coefficient (Wildman–Crippen LogP) is 2.14. The highest BCUT2D eigenvalue weighted by atomic mass is 15.2. The molecule has 1 rings (SSSR count). The third kappa shape index (κ3) is 2.75. The van der Waals surface area contributed by atoms with Crippen molar-refractivity contribution in [3.63, 3.8) is 0 Å². The Balaban J connectivity index is 2.56. The molecule has 1 aliphatic rings. The van der Waals surface area contributed by atoms with Gasteiger partial charge in [0.1, 0.15) is 5.54 Å². The van der Waals surface area contributed by atoms with Crippen LogP contribution in [0.2, 0.25) is 0 Å². The van der Waals surface area contributed by atoms with Gasteiger partial charge in [-0.3, -0.25) is 0 Å². The molecule has 3 heteroatoms. The molecule has 3 nitrogen and oxygen atoms in total. The number of hydrogen-bond acceptors (Lipinski definition) is 3. The summed E-state index contributed by atoms with van der Waals surface area (Å²) >= 11 is 0. The van der Waals surface area contributed by atoms with Crippen LogP contribution in [0.1, 0.15) is 46.0 Å². The lowest BCUT2D eigenvalue weighted by atomic mass is 9.99. The third-order valence-corrected chi connectivity index (χ3v) is 4.16. The summed E-state index contributed by atoms with van der Waals surface area (Å²) in [4.78, 5) is 2.46. The molecular weight excluding hydrogens is 198 g/mol. The lowest BCUT2D eigenvalue weighted by Gasteiger charge is -2.31. The van der Waals surface area contributed by atoms with Gasteiger partial charge < -0.3 is 10.2 Å². The summed E-state index contributed by atoms with van der Waals surface area (Å²) in [5.74, 6) is 0. The van der Waals surface area contributed by atoms with Gasteiger partial charge in [-0.2, -0.15) is 5.26 Å². The van der Waals surface area contributed by atoms with Crippen molar-refractivity contribution < 1.29 is 0 Å². The second-order valence-electron chi connectivity index (χ2n) is 5.14. The summed E-state index contributed by atoms with van der Waals surface area (Å²) in [5.41, 5.74) is -0.273. The molecule has 92 valence electrons. The highest BCUT2D eigenvalue weighted by molar-refractivity contribution is 5.12. The molecule has 0 radical (unpaired) electrons. The van der Waals surface area contributed by atoms with Crippen LogP contribution < -0.4 is 5.32 Å².